The average molecular weight is 255 g/mol. The standard InChI is InChI=1S/C12H21N3O3/c16-7-6-15(8-9-2-1-5-13-9)12(18)10-3-4-11(17)14-10/h9-10,13,16H,1-8H2,(H,14,17). The Labute approximate surface area is 107 Å². The van der Waals surface area contributed by atoms with E-state index in [-0.39, 0.29) is 18.4 Å². The fraction of sp³-hybridized carbons (Fsp3) is 0.833. The Kier molecular flexibility index (Phi) is 4.54. The maximum Gasteiger partial charge on any atom is 0.245 e. The van der Waals surface area contributed by atoms with Gasteiger partial charge in [0.1, 0.15) is 6.04 Å². The molecule has 102 valence electrons. The molecule has 3 N–H and O–H groups in total. The zero-order valence-electron chi connectivity index (χ0n) is 10.5. The minimum atomic E-state index is -0.398. The summed E-state index contributed by atoms with van der Waals surface area (Å²) < 4.78 is 0. The summed E-state index contributed by atoms with van der Waals surface area (Å²) in [5.41, 5.74) is 0. The first-order valence-corrected chi connectivity index (χ1v) is 6.63. The van der Waals surface area contributed by atoms with E-state index in [0.717, 1.165) is 19.4 Å². The van der Waals surface area contributed by atoms with E-state index in [1.54, 1.807) is 4.90 Å². The van der Waals surface area contributed by atoms with Gasteiger partial charge in [0.25, 0.3) is 0 Å². The Balaban J connectivity index is 1.90. The van der Waals surface area contributed by atoms with Gasteiger partial charge in [-0.1, -0.05) is 0 Å². The molecule has 2 heterocycles. The van der Waals surface area contributed by atoms with Crippen LogP contribution in [0.25, 0.3) is 0 Å². The van der Waals surface area contributed by atoms with Crippen LogP contribution in [-0.2, 0) is 9.59 Å². The minimum Gasteiger partial charge on any atom is -0.395 e. The van der Waals surface area contributed by atoms with Crippen LogP contribution in [0.2, 0.25) is 0 Å². The summed E-state index contributed by atoms with van der Waals surface area (Å²) in [7, 11) is 0. The van der Waals surface area contributed by atoms with Crippen molar-refractivity contribution in [1.29, 1.82) is 0 Å². The predicted octanol–water partition coefficient (Wildman–Crippen LogP) is -1.16. The van der Waals surface area contributed by atoms with E-state index in [2.05, 4.69) is 10.6 Å². The molecule has 0 radical (unpaired) electrons. The van der Waals surface area contributed by atoms with Crippen LogP contribution in [0, 0.1) is 0 Å². The molecule has 0 aromatic heterocycles. The number of nitrogens with one attached hydrogen (secondary N) is 2. The van der Waals surface area contributed by atoms with Crippen molar-refractivity contribution in [2.45, 2.75) is 37.8 Å². The van der Waals surface area contributed by atoms with Crippen LogP contribution >= 0.6 is 0 Å². The number of nitrogens with zero attached hydrogens (tertiary/aromatic N) is 1. The molecule has 2 fully saturated rings. The highest BCUT2D eigenvalue weighted by Crippen LogP contribution is 2.12. The van der Waals surface area contributed by atoms with Gasteiger partial charge in [0.15, 0.2) is 0 Å². The molecule has 2 unspecified atom stereocenters. The van der Waals surface area contributed by atoms with Gasteiger partial charge in [-0.3, -0.25) is 9.59 Å². The lowest BCUT2D eigenvalue weighted by Gasteiger charge is -2.27. The van der Waals surface area contributed by atoms with Crippen LogP contribution in [0.4, 0.5) is 0 Å². The molecule has 2 atom stereocenters. The maximum absolute atomic E-state index is 12.2. The van der Waals surface area contributed by atoms with E-state index in [1.165, 1.54) is 0 Å². The van der Waals surface area contributed by atoms with Gasteiger partial charge in [0, 0.05) is 25.6 Å². The van der Waals surface area contributed by atoms with Crippen LogP contribution in [0.1, 0.15) is 25.7 Å². The topological polar surface area (TPSA) is 81.7 Å². The lowest BCUT2D eigenvalue weighted by atomic mass is 10.1. The van der Waals surface area contributed by atoms with Gasteiger partial charge in [-0.15, -0.1) is 0 Å². The molecule has 2 rings (SSSR count). The third kappa shape index (κ3) is 3.20. The van der Waals surface area contributed by atoms with Crippen LogP contribution in [0.5, 0.6) is 0 Å². The van der Waals surface area contributed by atoms with Gasteiger partial charge in [-0.05, 0) is 25.8 Å². The first-order valence-electron chi connectivity index (χ1n) is 6.63. The molecule has 2 aliphatic rings. The number of carbonyl (C=O) groups excluding carboxylic acids is 2. The predicted molar refractivity (Wildman–Crippen MR) is 65.9 cm³/mol. The largest absolute Gasteiger partial charge is 0.395 e. The summed E-state index contributed by atoms with van der Waals surface area (Å²) in [4.78, 5) is 25.0. The first-order chi connectivity index (χ1) is 8.70. The Morgan fingerprint density at radius 1 is 1.44 bits per heavy atom. The highest BCUT2D eigenvalue weighted by Gasteiger charge is 2.31. The van der Waals surface area contributed by atoms with Crippen LogP contribution < -0.4 is 10.6 Å². The summed E-state index contributed by atoms with van der Waals surface area (Å²) in [6, 6.07) is -0.0805. The zero-order valence-corrected chi connectivity index (χ0v) is 10.5. The third-order valence-electron chi connectivity index (χ3n) is 3.58. The summed E-state index contributed by atoms with van der Waals surface area (Å²) in [6.07, 6.45) is 3.18. The molecule has 6 nitrogen and oxygen atoms in total. The lowest BCUT2D eigenvalue weighted by Crippen LogP contribution is -2.49. The number of rotatable bonds is 5. The molecule has 18 heavy (non-hydrogen) atoms. The SMILES string of the molecule is O=C1CCC(C(=O)N(CCO)CC2CCCN2)N1. The second kappa shape index (κ2) is 6.15. The fourth-order valence-electron chi connectivity index (χ4n) is 2.61. The molecule has 6 heteroatoms. The highest BCUT2D eigenvalue weighted by molar-refractivity contribution is 5.90. The van der Waals surface area contributed by atoms with Crippen molar-refractivity contribution < 1.29 is 14.7 Å². The number of hydrogen-bond donors (Lipinski definition) is 3. The smallest absolute Gasteiger partial charge is 0.245 e. The van der Waals surface area contributed by atoms with E-state index in [9.17, 15) is 9.59 Å². The Morgan fingerprint density at radius 2 is 2.28 bits per heavy atom. The van der Waals surface area contributed by atoms with E-state index in [0.29, 0.717) is 32.0 Å². The van der Waals surface area contributed by atoms with Gasteiger partial charge in [0.05, 0.1) is 6.61 Å². The summed E-state index contributed by atoms with van der Waals surface area (Å²) >= 11 is 0. The molecule has 2 aliphatic heterocycles. The van der Waals surface area contributed by atoms with Crippen LogP contribution in [0.15, 0.2) is 0 Å². The van der Waals surface area contributed by atoms with E-state index in [1.807, 2.05) is 0 Å². The Hall–Kier alpha value is -1.14. The average Bonchev–Trinajstić information content (AvgIpc) is 2.99. The molecular formula is C12H21N3O3. The quantitative estimate of drug-likeness (QED) is 0.579. The molecular weight excluding hydrogens is 234 g/mol. The monoisotopic (exact) mass is 255 g/mol. The minimum absolute atomic E-state index is 0.0425. The number of carbonyl (C=O) groups is 2. The van der Waals surface area contributed by atoms with Crippen molar-refractivity contribution in [2.75, 3.05) is 26.2 Å². The van der Waals surface area contributed by atoms with Crippen molar-refractivity contribution in [3.63, 3.8) is 0 Å². The van der Waals surface area contributed by atoms with E-state index < -0.39 is 6.04 Å². The number of amides is 2. The molecule has 0 spiro atoms. The second-order valence-electron chi connectivity index (χ2n) is 4.96. The number of aliphatic hydroxyl groups is 1. The van der Waals surface area contributed by atoms with E-state index in [4.69, 9.17) is 5.11 Å². The molecule has 2 amide bonds. The second-order valence-corrected chi connectivity index (χ2v) is 4.96. The molecule has 0 bridgehead atoms. The van der Waals surface area contributed by atoms with Gasteiger partial charge >= 0.3 is 0 Å². The molecule has 0 aromatic rings. The normalized spacial score (nSPS) is 27.3. The zero-order chi connectivity index (χ0) is 13.0. The van der Waals surface area contributed by atoms with E-state index >= 15 is 0 Å². The Bertz CT molecular complexity index is 316. The third-order valence-corrected chi connectivity index (χ3v) is 3.58. The molecule has 2 saturated heterocycles. The Morgan fingerprint density at radius 3 is 2.83 bits per heavy atom. The summed E-state index contributed by atoms with van der Waals surface area (Å²) in [5, 5.41) is 15.1. The fourth-order valence-corrected chi connectivity index (χ4v) is 2.61. The van der Waals surface area contributed by atoms with Gasteiger partial charge in [-0.25, -0.2) is 0 Å². The van der Waals surface area contributed by atoms with Crippen molar-refractivity contribution in [1.82, 2.24) is 15.5 Å². The highest BCUT2D eigenvalue weighted by atomic mass is 16.3. The van der Waals surface area contributed by atoms with Gasteiger partial charge < -0.3 is 20.6 Å². The molecule has 0 saturated carbocycles. The van der Waals surface area contributed by atoms with Crippen molar-refractivity contribution in [2.24, 2.45) is 0 Å². The van der Waals surface area contributed by atoms with Gasteiger partial charge in [-0.2, -0.15) is 0 Å². The number of hydrogen-bond acceptors (Lipinski definition) is 4. The summed E-state index contributed by atoms with van der Waals surface area (Å²) in [5.74, 6) is -0.125. The molecule has 0 aliphatic carbocycles. The van der Waals surface area contributed by atoms with Crippen LogP contribution in [-0.4, -0.2) is 60.1 Å². The first kappa shape index (κ1) is 13.3. The van der Waals surface area contributed by atoms with Crippen molar-refractivity contribution >= 4 is 11.8 Å². The maximum atomic E-state index is 12.2. The van der Waals surface area contributed by atoms with Gasteiger partial charge in [0.2, 0.25) is 11.8 Å². The van der Waals surface area contributed by atoms with Crippen molar-refractivity contribution in [3.8, 4) is 0 Å². The van der Waals surface area contributed by atoms with Crippen molar-refractivity contribution in [3.05, 3.63) is 0 Å². The lowest BCUT2D eigenvalue weighted by molar-refractivity contribution is -0.135. The summed E-state index contributed by atoms with van der Waals surface area (Å²) in [6.45, 7) is 1.90. The number of aliphatic hydroxyl groups excluding tert-OH is 1. The molecule has 0 aromatic carbocycles. The van der Waals surface area contributed by atoms with Crippen LogP contribution in [0.3, 0.4) is 0 Å².